The zero-order valence-electron chi connectivity index (χ0n) is 15.7. The molecule has 6 nitrogen and oxygen atoms in total. The first-order valence-electron chi connectivity index (χ1n) is 8.45. The van der Waals surface area contributed by atoms with Crippen LogP contribution in [0.2, 0.25) is 5.15 Å². The molecule has 0 aliphatic heterocycles. The second-order valence-electron chi connectivity index (χ2n) is 6.91. The highest BCUT2D eigenvalue weighted by atomic mass is 79.9. The molecule has 0 radical (unpaired) electrons. The van der Waals surface area contributed by atoms with Gasteiger partial charge in [-0.05, 0) is 50.1 Å². The molecule has 0 spiro atoms. The number of benzene rings is 1. The Kier molecular flexibility index (Phi) is 7.83. The summed E-state index contributed by atoms with van der Waals surface area (Å²) in [6.45, 7) is 5.66. The Morgan fingerprint density at radius 1 is 1.25 bits per heavy atom. The van der Waals surface area contributed by atoms with Gasteiger partial charge in [0, 0.05) is 23.1 Å². The number of alkyl halides is 1. The van der Waals surface area contributed by atoms with Crippen LogP contribution >= 0.6 is 39.1 Å². The fraction of sp³-hybridized carbons (Fsp3) is 0.316. The van der Waals surface area contributed by atoms with Gasteiger partial charge in [0.25, 0.3) is 5.91 Å². The van der Waals surface area contributed by atoms with Crippen molar-refractivity contribution in [2.75, 3.05) is 11.2 Å². The molecule has 1 heterocycles. The van der Waals surface area contributed by atoms with Crippen molar-refractivity contribution < 1.29 is 9.59 Å². The van der Waals surface area contributed by atoms with E-state index in [1.165, 1.54) is 0 Å². The van der Waals surface area contributed by atoms with Crippen LogP contribution in [0.5, 0.6) is 0 Å². The Morgan fingerprint density at radius 3 is 2.57 bits per heavy atom. The van der Waals surface area contributed by atoms with Gasteiger partial charge in [0.05, 0.1) is 16.7 Å². The fourth-order valence-corrected chi connectivity index (χ4v) is 3.04. The molecule has 0 atom stereocenters. The Balaban J connectivity index is 2.15. The van der Waals surface area contributed by atoms with E-state index >= 15 is 0 Å². The van der Waals surface area contributed by atoms with E-state index in [4.69, 9.17) is 23.2 Å². The SMILES string of the molecule is Cc1cc(Br)cc(C(=O)NNCc2ccc(Cl)nc2)c1NC(=O)C(C)(C)CCl. The van der Waals surface area contributed by atoms with E-state index in [1.807, 2.05) is 13.0 Å². The van der Waals surface area contributed by atoms with Crippen LogP contribution in [0, 0.1) is 12.3 Å². The number of hydrogen-bond acceptors (Lipinski definition) is 4. The van der Waals surface area contributed by atoms with Gasteiger partial charge < -0.3 is 5.32 Å². The first kappa shape index (κ1) is 22.6. The predicted octanol–water partition coefficient (Wildman–Crippen LogP) is 4.44. The van der Waals surface area contributed by atoms with E-state index in [2.05, 4.69) is 37.1 Å². The van der Waals surface area contributed by atoms with Crippen molar-refractivity contribution in [1.82, 2.24) is 15.8 Å². The molecule has 28 heavy (non-hydrogen) atoms. The first-order valence-corrected chi connectivity index (χ1v) is 10.2. The number of aryl methyl sites for hydroxylation is 1. The van der Waals surface area contributed by atoms with Crippen molar-refractivity contribution in [2.45, 2.75) is 27.3 Å². The van der Waals surface area contributed by atoms with Crippen LogP contribution in [0.15, 0.2) is 34.9 Å². The normalized spacial score (nSPS) is 11.2. The maximum Gasteiger partial charge on any atom is 0.267 e. The molecule has 1 aromatic heterocycles. The van der Waals surface area contributed by atoms with E-state index in [0.29, 0.717) is 22.9 Å². The van der Waals surface area contributed by atoms with E-state index in [0.717, 1.165) is 15.6 Å². The molecule has 0 unspecified atom stereocenters. The van der Waals surface area contributed by atoms with Gasteiger partial charge in [-0.15, -0.1) is 11.6 Å². The lowest BCUT2D eigenvalue weighted by atomic mass is 9.94. The van der Waals surface area contributed by atoms with Crippen molar-refractivity contribution in [2.24, 2.45) is 5.41 Å². The van der Waals surface area contributed by atoms with Gasteiger partial charge in [-0.3, -0.25) is 15.0 Å². The van der Waals surface area contributed by atoms with Gasteiger partial charge in [-0.2, -0.15) is 0 Å². The lowest BCUT2D eigenvalue weighted by molar-refractivity contribution is -0.122. The first-order chi connectivity index (χ1) is 13.1. The number of rotatable bonds is 7. The molecule has 0 saturated heterocycles. The highest BCUT2D eigenvalue weighted by molar-refractivity contribution is 9.10. The summed E-state index contributed by atoms with van der Waals surface area (Å²) >= 11 is 15.0. The minimum atomic E-state index is -0.769. The van der Waals surface area contributed by atoms with Gasteiger partial charge in [-0.25, -0.2) is 10.4 Å². The topological polar surface area (TPSA) is 83.1 Å². The maximum atomic E-state index is 12.7. The molecule has 9 heteroatoms. The molecular weight excluding hydrogens is 467 g/mol. The van der Waals surface area contributed by atoms with Crippen molar-refractivity contribution in [1.29, 1.82) is 0 Å². The van der Waals surface area contributed by atoms with Crippen LogP contribution in [0.1, 0.15) is 35.3 Å². The smallest absolute Gasteiger partial charge is 0.267 e. The van der Waals surface area contributed by atoms with Crippen LogP contribution in [0.3, 0.4) is 0 Å². The number of carbonyl (C=O) groups is 2. The van der Waals surface area contributed by atoms with E-state index in [-0.39, 0.29) is 17.7 Å². The van der Waals surface area contributed by atoms with E-state index in [1.54, 1.807) is 38.2 Å². The van der Waals surface area contributed by atoms with Crippen molar-refractivity contribution in [3.63, 3.8) is 0 Å². The molecule has 0 aliphatic carbocycles. The third kappa shape index (κ3) is 5.91. The Labute approximate surface area is 182 Å². The third-order valence-electron chi connectivity index (χ3n) is 4.02. The number of anilines is 1. The molecular formula is C19H21BrCl2N4O2. The van der Waals surface area contributed by atoms with E-state index < -0.39 is 5.41 Å². The molecule has 0 bridgehead atoms. The number of carbonyl (C=O) groups excluding carboxylic acids is 2. The van der Waals surface area contributed by atoms with Gasteiger partial charge in [0.15, 0.2) is 0 Å². The summed E-state index contributed by atoms with van der Waals surface area (Å²) in [6, 6.07) is 6.95. The van der Waals surface area contributed by atoms with Crippen LogP contribution in [0.25, 0.3) is 0 Å². The molecule has 2 amide bonds. The van der Waals surface area contributed by atoms with E-state index in [9.17, 15) is 9.59 Å². The number of nitrogens with zero attached hydrogens (tertiary/aromatic N) is 1. The summed E-state index contributed by atoms with van der Waals surface area (Å²) in [5.74, 6) is -0.487. The van der Waals surface area contributed by atoms with Gasteiger partial charge in [0.2, 0.25) is 5.91 Å². The monoisotopic (exact) mass is 486 g/mol. The number of hydrazine groups is 1. The number of nitrogens with one attached hydrogen (secondary N) is 3. The minimum absolute atomic E-state index is 0.159. The van der Waals surface area contributed by atoms with Crippen LogP contribution in [-0.2, 0) is 11.3 Å². The van der Waals surface area contributed by atoms with Gasteiger partial charge >= 0.3 is 0 Å². The number of aromatic nitrogens is 1. The summed E-state index contributed by atoms with van der Waals surface area (Å²) in [4.78, 5) is 29.2. The van der Waals surface area contributed by atoms with Crippen LogP contribution < -0.4 is 16.2 Å². The van der Waals surface area contributed by atoms with Crippen molar-refractivity contribution in [3.8, 4) is 0 Å². The van der Waals surface area contributed by atoms with Crippen LogP contribution in [0.4, 0.5) is 5.69 Å². The Hall–Kier alpha value is -1.67. The summed E-state index contributed by atoms with van der Waals surface area (Å²) in [6.07, 6.45) is 1.62. The number of pyridine rings is 1. The van der Waals surface area contributed by atoms with Gasteiger partial charge in [0.1, 0.15) is 5.15 Å². The van der Waals surface area contributed by atoms with Gasteiger partial charge in [-0.1, -0.05) is 33.6 Å². The molecule has 0 saturated carbocycles. The lowest BCUT2D eigenvalue weighted by Gasteiger charge is -2.22. The number of amides is 2. The average Bonchev–Trinajstić information content (AvgIpc) is 2.64. The molecule has 2 rings (SSSR count). The molecule has 0 fully saturated rings. The summed E-state index contributed by atoms with van der Waals surface area (Å²) in [5.41, 5.74) is 7.09. The zero-order chi connectivity index (χ0) is 20.9. The second kappa shape index (κ2) is 9.69. The summed E-state index contributed by atoms with van der Waals surface area (Å²) < 4.78 is 0.728. The Morgan fingerprint density at radius 2 is 1.96 bits per heavy atom. The molecule has 0 aliphatic rings. The fourth-order valence-electron chi connectivity index (χ4n) is 2.24. The van der Waals surface area contributed by atoms with Crippen molar-refractivity contribution in [3.05, 3.63) is 56.8 Å². The average molecular weight is 488 g/mol. The lowest BCUT2D eigenvalue weighted by Crippen LogP contribution is -2.38. The quantitative estimate of drug-likeness (QED) is 0.306. The third-order valence-corrected chi connectivity index (χ3v) is 5.36. The summed E-state index contributed by atoms with van der Waals surface area (Å²) in [5, 5.41) is 3.24. The van der Waals surface area contributed by atoms with Crippen molar-refractivity contribution >= 4 is 56.6 Å². The zero-order valence-corrected chi connectivity index (χ0v) is 18.8. The standard InChI is InChI=1S/C19H21BrCl2N4O2/c1-11-6-13(20)7-14(16(11)25-18(28)19(2,3)10-21)17(27)26-24-9-12-4-5-15(22)23-8-12/h4-8,24H,9-10H2,1-3H3,(H,25,28)(H,26,27). The Bertz CT molecular complexity index is 873. The highest BCUT2D eigenvalue weighted by Gasteiger charge is 2.28. The highest BCUT2D eigenvalue weighted by Crippen LogP contribution is 2.28. The largest absolute Gasteiger partial charge is 0.325 e. The molecule has 2 aromatic rings. The predicted molar refractivity (Wildman–Crippen MR) is 116 cm³/mol. The second-order valence-corrected chi connectivity index (χ2v) is 8.48. The molecule has 150 valence electrons. The minimum Gasteiger partial charge on any atom is -0.325 e. The molecule has 1 aromatic carbocycles. The number of hydrogen-bond donors (Lipinski definition) is 3. The maximum absolute atomic E-state index is 12.7. The molecule has 3 N–H and O–H groups in total. The number of halogens is 3. The van der Waals surface area contributed by atoms with Crippen LogP contribution in [-0.4, -0.2) is 22.7 Å². The summed E-state index contributed by atoms with van der Waals surface area (Å²) in [7, 11) is 0.